The molecular formula is C11H11ClFNO4. The molecule has 1 aromatic rings. The average molecular weight is 276 g/mol. The number of rotatable bonds is 4. The van der Waals surface area contributed by atoms with Crippen molar-refractivity contribution < 1.29 is 23.8 Å². The maximum atomic E-state index is 12.8. The topological polar surface area (TPSA) is 75.6 Å². The molecule has 98 valence electrons. The van der Waals surface area contributed by atoms with Crippen LogP contribution in [0.1, 0.15) is 10.4 Å². The Balaban J connectivity index is 2.63. The first-order valence-corrected chi connectivity index (χ1v) is 5.32. The smallest absolute Gasteiger partial charge is 0.336 e. The van der Waals surface area contributed by atoms with E-state index in [1.165, 1.54) is 6.07 Å². The number of aliphatic hydroxyl groups excluding tert-OH is 1. The number of hydrogen-bond acceptors (Lipinski definition) is 4. The summed E-state index contributed by atoms with van der Waals surface area (Å²) in [6.07, 6.45) is -1.46. The minimum absolute atomic E-state index is 0.0510. The highest BCUT2D eigenvalue weighted by Crippen LogP contribution is 2.16. The van der Waals surface area contributed by atoms with Crippen LogP contribution in [0.4, 0.5) is 4.39 Å². The number of methoxy groups -OCH3 is 1. The molecule has 0 saturated carbocycles. The van der Waals surface area contributed by atoms with E-state index < -0.39 is 23.8 Å². The second-order valence-corrected chi connectivity index (χ2v) is 3.78. The zero-order valence-electron chi connectivity index (χ0n) is 9.44. The van der Waals surface area contributed by atoms with E-state index in [-0.39, 0.29) is 17.1 Å². The van der Waals surface area contributed by atoms with Crippen LogP contribution < -0.4 is 5.32 Å². The molecule has 0 aliphatic carbocycles. The van der Waals surface area contributed by atoms with Crippen LogP contribution in [0, 0.1) is 5.82 Å². The van der Waals surface area contributed by atoms with Crippen LogP contribution >= 0.6 is 11.6 Å². The molecule has 1 rings (SSSR count). The van der Waals surface area contributed by atoms with E-state index in [0.717, 1.165) is 19.2 Å². The van der Waals surface area contributed by atoms with Crippen molar-refractivity contribution in [3.8, 4) is 0 Å². The Morgan fingerprint density at radius 3 is 2.78 bits per heavy atom. The van der Waals surface area contributed by atoms with Gasteiger partial charge in [0.25, 0.3) is 5.91 Å². The molecule has 1 unspecified atom stereocenters. The highest BCUT2D eigenvalue weighted by molar-refractivity contribution is 6.33. The molecule has 0 aliphatic heterocycles. The molecule has 7 heteroatoms. The number of carbonyl (C=O) groups is 2. The molecule has 0 heterocycles. The van der Waals surface area contributed by atoms with Gasteiger partial charge in [-0.3, -0.25) is 4.79 Å². The first-order valence-electron chi connectivity index (χ1n) is 4.95. The Morgan fingerprint density at radius 1 is 1.56 bits per heavy atom. The van der Waals surface area contributed by atoms with Crippen LogP contribution in [0.3, 0.4) is 0 Å². The number of halogens is 2. The lowest BCUT2D eigenvalue weighted by Crippen LogP contribution is -2.37. The molecule has 0 saturated heterocycles. The van der Waals surface area contributed by atoms with Gasteiger partial charge in [-0.2, -0.15) is 0 Å². The van der Waals surface area contributed by atoms with Crippen molar-refractivity contribution in [2.75, 3.05) is 13.7 Å². The van der Waals surface area contributed by atoms with Crippen molar-refractivity contribution in [2.24, 2.45) is 0 Å². The molecule has 18 heavy (non-hydrogen) atoms. The molecule has 1 aromatic carbocycles. The normalized spacial score (nSPS) is 11.8. The molecule has 2 N–H and O–H groups in total. The third-order valence-corrected chi connectivity index (χ3v) is 2.42. The van der Waals surface area contributed by atoms with E-state index in [1.807, 2.05) is 0 Å². The SMILES string of the molecule is COC(=O)C(O)CNC(=O)c1ccc(F)cc1Cl. The van der Waals surface area contributed by atoms with Gasteiger partial charge >= 0.3 is 5.97 Å². The van der Waals surface area contributed by atoms with Crippen molar-refractivity contribution in [1.82, 2.24) is 5.32 Å². The zero-order valence-corrected chi connectivity index (χ0v) is 10.2. The highest BCUT2D eigenvalue weighted by Gasteiger charge is 2.17. The molecule has 0 aliphatic rings. The Morgan fingerprint density at radius 2 is 2.22 bits per heavy atom. The number of hydrogen-bond donors (Lipinski definition) is 2. The Kier molecular flexibility index (Phi) is 5.06. The highest BCUT2D eigenvalue weighted by atomic mass is 35.5. The van der Waals surface area contributed by atoms with E-state index in [2.05, 4.69) is 10.1 Å². The van der Waals surface area contributed by atoms with Gasteiger partial charge < -0.3 is 15.2 Å². The van der Waals surface area contributed by atoms with Gasteiger partial charge in [0.05, 0.1) is 24.2 Å². The molecule has 0 fully saturated rings. The predicted octanol–water partition coefficient (Wildman–Crippen LogP) is 0.743. The standard InChI is InChI=1S/C11H11ClFNO4/c1-18-11(17)9(15)5-14-10(16)7-3-2-6(13)4-8(7)12/h2-4,9,15H,5H2,1H3,(H,14,16). The van der Waals surface area contributed by atoms with Gasteiger partial charge in [0.1, 0.15) is 5.82 Å². The largest absolute Gasteiger partial charge is 0.467 e. The maximum absolute atomic E-state index is 12.8. The van der Waals surface area contributed by atoms with E-state index in [1.54, 1.807) is 0 Å². The minimum atomic E-state index is -1.46. The number of carbonyl (C=O) groups excluding carboxylic acids is 2. The molecular weight excluding hydrogens is 265 g/mol. The van der Waals surface area contributed by atoms with Crippen LogP contribution in [0.2, 0.25) is 5.02 Å². The number of benzene rings is 1. The first kappa shape index (κ1) is 14.4. The molecule has 0 aromatic heterocycles. The van der Waals surface area contributed by atoms with Crippen LogP contribution in [0.5, 0.6) is 0 Å². The zero-order chi connectivity index (χ0) is 13.7. The third kappa shape index (κ3) is 3.68. The Hall–Kier alpha value is -1.66. The van der Waals surface area contributed by atoms with E-state index in [4.69, 9.17) is 11.6 Å². The van der Waals surface area contributed by atoms with Crippen LogP contribution in [0.25, 0.3) is 0 Å². The number of ether oxygens (including phenoxy) is 1. The predicted molar refractivity (Wildman–Crippen MR) is 61.8 cm³/mol. The van der Waals surface area contributed by atoms with Gasteiger partial charge in [0, 0.05) is 0 Å². The summed E-state index contributed by atoms with van der Waals surface area (Å²) in [6, 6.07) is 3.28. The number of amides is 1. The second-order valence-electron chi connectivity index (χ2n) is 3.37. The number of nitrogens with one attached hydrogen (secondary N) is 1. The molecule has 1 atom stereocenters. The summed E-state index contributed by atoms with van der Waals surface area (Å²) in [5.41, 5.74) is 0.0510. The van der Waals surface area contributed by atoms with Gasteiger partial charge in [-0.25, -0.2) is 9.18 Å². The summed E-state index contributed by atoms with van der Waals surface area (Å²) < 4.78 is 17.0. The molecule has 1 amide bonds. The fourth-order valence-electron chi connectivity index (χ4n) is 1.18. The van der Waals surface area contributed by atoms with Gasteiger partial charge in [-0.1, -0.05) is 11.6 Å². The van der Waals surface area contributed by atoms with Crippen molar-refractivity contribution in [2.45, 2.75) is 6.10 Å². The summed E-state index contributed by atoms with van der Waals surface area (Å²) in [7, 11) is 1.12. The summed E-state index contributed by atoms with van der Waals surface area (Å²) in [6.45, 7) is -0.320. The fourth-order valence-corrected chi connectivity index (χ4v) is 1.43. The third-order valence-electron chi connectivity index (χ3n) is 2.10. The summed E-state index contributed by atoms with van der Waals surface area (Å²) in [4.78, 5) is 22.5. The van der Waals surface area contributed by atoms with E-state index in [9.17, 15) is 19.1 Å². The van der Waals surface area contributed by atoms with Crippen molar-refractivity contribution in [3.05, 3.63) is 34.6 Å². The summed E-state index contributed by atoms with van der Waals surface area (Å²) in [5.74, 6) is -2.05. The average Bonchev–Trinajstić information content (AvgIpc) is 2.34. The maximum Gasteiger partial charge on any atom is 0.336 e. The first-order chi connectivity index (χ1) is 8.45. The van der Waals surface area contributed by atoms with Gasteiger partial charge in [0.15, 0.2) is 6.10 Å². The van der Waals surface area contributed by atoms with Gasteiger partial charge in [-0.15, -0.1) is 0 Å². The van der Waals surface area contributed by atoms with Gasteiger partial charge in [0.2, 0.25) is 0 Å². The van der Waals surface area contributed by atoms with Crippen molar-refractivity contribution >= 4 is 23.5 Å². The molecule has 0 bridgehead atoms. The van der Waals surface area contributed by atoms with E-state index >= 15 is 0 Å². The van der Waals surface area contributed by atoms with E-state index in [0.29, 0.717) is 0 Å². The quantitative estimate of drug-likeness (QED) is 0.795. The fraction of sp³-hybridized carbons (Fsp3) is 0.273. The number of aliphatic hydroxyl groups is 1. The lowest BCUT2D eigenvalue weighted by Gasteiger charge is -2.10. The summed E-state index contributed by atoms with van der Waals surface area (Å²) in [5, 5.41) is 11.5. The van der Waals surface area contributed by atoms with Crippen molar-refractivity contribution in [1.29, 1.82) is 0 Å². The second kappa shape index (κ2) is 6.32. The lowest BCUT2D eigenvalue weighted by atomic mass is 10.2. The number of esters is 1. The minimum Gasteiger partial charge on any atom is -0.467 e. The molecule has 0 radical (unpaired) electrons. The lowest BCUT2D eigenvalue weighted by molar-refractivity contribution is -0.149. The van der Waals surface area contributed by atoms with Crippen molar-refractivity contribution in [3.63, 3.8) is 0 Å². The Labute approximate surface area is 108 Å². The Bertz CT molecular complexity index is 466. The molecule has 5 nitrogen and oxygen atoms in total. The molecule has 0 spiro atoms. The monoisotopic (exact) mass is 275 g/mol. The summed E-state index contributed by atoms with van der Waals surface area (Å²) >= 11 is 5.67. The van der Waals surface area contributed by atoms with Crippen LogP contribution in [-0.2, 0) is 9.53 Å². The van der Waals surface area contributed by atoms with Crippen LogP contribution in [0.15, 0.2) is 18.2 Å². The van der Waals surface area contributed by atoms with Crippen LogP contribution in [-0.4, -0.2) is 36.7 Å². The van der Waals surface area contributed by atoms with Gasteiger partial charge in [-0.05, 0) is 18.2 Å².